The third-order valence-corrected chi connectivity index (χ3v) is 3.74. The third kappa shape index (κ3) is 2.84. The van der Waals surface area contributed by atoms with Crippen LogP contribution in [0.15, 0.2) is 30.3 Å². The molecule has 0 unspecified atom stereocenters. The van der Waals surface area contributed by atoms with Gasteiger partial charge in [-0.15, -0.1) is 0 Å². The van der Waals surface area contributed by atoms with Crippen LogP contribution in [-0.4, -0.2) is 21.2 Å². The summed E-state index contributed by atoms with van der Waals surface area (Å²) in [5.41, 5.74) is 2.83. The molecule has 3 rings (SSSR count). The Labute approximate surface area is 123 Å². The Hall–Kier alpha value is -1.83. The molecule has 1 aliphatic heterocycles. The lowest BCUT2D eigenvalue weighted by atomic mass is 10.2. The molecule has 2 heterocycles. The molecule has 0 atom stereocenters. The van der Waals surface area contributed by atoms with E-state index in [1.807, 2.05) is 28.9 Å². The molecule has 102 valence electrons. The first-order valence-corrected chi connectivity index (χ1v) is 7.06. The number of fused-ring (bicyclic) bond motifs is 1. The molecule has 0 N–H and O–H groups in total. The SMILES string of the molecule is N#Cc1cc2n(n1)CCCN(Cc1cccc(Cl)c1)C2. The molecule has 1 aromatic carbocycles. The smallest absolute Gasteiger partial charge is 0.162 e. The van der Waals surface area contributed by atoms with Gasteiger partial charge >= 0.3 is 0 Å². The van der Waals surface area contributed by atoms with Crippen LogP contribution in [0.5, 0.6) is 0 Å². The molecule has 5 heteroatoms. The minimum Gasteiger partial charge on any atom is -0.293 e. The van der Waals surface area contributed by atoms with E-state index in [1.54, 1.807) is 0 Å². The number of hydrogen-bond donors (Lipinski definition) is 0. The van der Waals surface area contributed by atoms with Crippen molar-refractivity contribution in [1.29, 1.82) is 5.26 Å². The molecule has 0 saturated heterocycles. The summed E-state index contributed by atoms with van der Waals surface area (Å²) in [6, 6.07) is 12.0. The summed E-state index contributed by atoms with van der Waals surface area (Å²) in [7, 11) is 0. The van der Waals surface area contributed by atoms with Gasteiger partial charge < -0.3 is 0 Å². The minimum absolute atomic E-state index is 0.504. The predicted octanol–water partition coefficient (Wildman–Crippen LogP) is 2.81. The summed E-state index contributed by atoms with van der Waals surface area (Å²) < 4.78 is 1.95. The summed E-state index contributed by atoms with van der Waals surface area (Å²) in [6.07, 6.45) is 1.04. The number of aromatic nitrogens is 2. The van der Waals surface area contributed by atoms with E-state index in [0.29, 0.717) is 5.69 Å². The lowest BCUT2D eigenvalue weighted by molar-refractivity contribution is 0.261. The molecule has 0 bridgehead atoms. The number of nitrogens with zero attached hydrogens (tertiary/aromatic N) is 4. The molecule has 2 aromatic rings. The van der Waals surface area contributed by atoms with E-state index >= 15 is 0 Å². The highest BCUT2D eigenvalue weighted by molar-refractivity contribution is 6.30. The number of halogens is 1. The first-order valence-electron chi connectivity index (χ1n) is 6.68. The quantitative estimate of drug-likeness (QED) is 0.853. The molecule has 0 radical (unpaired) electrons. The van der Waals surface area contributed by atoms with Gasteiger partial charge in [-0.3, -0.25) is 9.58 Å². The zero-order valence-corrected chi connectivity index (χ0v) is 11.8. The van der Waals surface area contributed by atoms with Crippen molar-refractivity contribution in [1.82, 2.24) is 14.7 Å². The highest BCUT2D eigenvalue weighted by Crippen LogP contribution is 2.18. The predicted molar refractivity (Wildman–Crippen MR) is 77.1 cm³/mol. The Morgan fingerprint density at radius 2 is 2.20 bits per heavy atom. The molecule has 0 aliphatic carbocycles. The van der Waals surface area contributed by atoms with Crippen LogP contribution in [0.3, 0.4) is 0 Å². The Morgan fingerprint density at radius 1 is 1.30 bits per heavy atom. The Balaban J connectivity index is 1.77. The monoisotopic (exact) mass is 286 g/mol. The first-order chi connectivity index (χ1) is 9.74. The molecule has 0 saturated carbocycles. The molecular weight excluding hydrogens is 272 g/mol. The van der Waals surface area contributed by atoms with Crippen molar-refractivity contribution < 1.29 is 0 Å². The van der Waals surface area contributed by atoms with Crippen molar-refractivity contribution in [3.63, 3.8) is 0 Å². The fourth-order valence-corrected chi connectivity index (χ4v) is 2.82. The van der Waals surface area contributed by atoms with Gasteiger partial charge in [-0.1, -0.05) is 23.7 Å². The van der Waals surface area contributed by atoms with E-state index in [2.05, 4.69) is 22.1 Å². The fraction of sp³-hybridized carbons (Fsp3) is 0.333. The second-order valence-electron chi connectivity index (χ2n) is 5.05. The van der Waals surface area contributed by atoms with Crippen LogP contribution in [0.25, 0.3) is 0 Å². The number of benzene rings is 1. The highest BCUT2D eigenvalue weighted by atomic mass is 35.5. The van der Waals surface area contributed by atoms with Crippen molar-refractivity contribution in [2.75, 3.05) is 6.54 Å². The maximum absolute atomic E-state index is 8.93. The van der Waals surface area contributed by atoms with Gasteiger partial charge in [0.05, 0.1) is 5.69 Å². The number of aryl methyl sites for hydroxylation is 1. The van der Waals surface area contributed by atoms with E-state index < -0.39 is 0 Å². The molecular formula is C15H15ClN4. The fourth-order valence-electron chi connectivity index (χ4n) is 2.61. The van der Waals surface area contributed by atoms with E-state index in [-0.39, 0.29) is 0 Å². The Morgan fingerprint density at radius 3 is 3.00 bits per heavy atom. The van der Waals surface area contributed by atoms with Gasteiger partial charge in [0.2, 0.25) is 0 Å². The second kappa shape index (κ2) is 5.66. The van der Waals surface area contributed by atoms with Gasteiger partial charge in [-0.05, 0) is 30.2 Å². The average Bonchev–Trinajstić information content (AvgIpc) is 2.72. The molecule has 0 amide bonds. The normalized spacial score (nSPS) is 15.4. The van der Waals surface area contributed by atoms with Crippen LogP contribution >= 0.6 is 11.6 Å². The second-order valence-corrected chi connectivity index (χ2v) is 5.49. The van der Waals surface area contributed by atoms with Crippen molar-refractivity contribution in [2.45, 2.75) is 26.1 Å². The van der Waals surface area contributed by atoms with Crippen LogP contribution in [0.4, 0.5) is 0 Å². The zero-order valence-electron chi connectivity index (χ0n) is 11.1. The van der Waals surface area contributed by atoms with Crippen LogP contribution in [0.2, 0.25) is 5.02 Å². The number of nitriles is 1. The summed E-state index contributed by atoms with van der Waals surface area (Å²) in [5.74, 6) is 0. The molecule has 4 nitrogen and oxygen atoms in total. The highest BCUT2D eigenvalue weighted by Gasteiger charge is 2.16. The Bertz CT molecular complexity index is 656. The molecule has 1 aromatic heterocycles. The summed E-state index contributed by atoms with van der Waals surface area (Å²) in [5, 5.41) is 14.0. The maximum Gasteiger partial charge on any atom is 0.162 e. The standard InChI is InChI=1S/C15H15ClN4/c16-13-4-1-3-12(7-13)10-19-5-2-6-20-15(11-19)8-14(9-17)18-20/h1,3-4,7-8H,2,5-6,10-11H2. The van der Waals surface area contributed by atoms with Crippen LogP contribution in [0, 0.1) is 11.3 Å². The molecule has 0 fully saturated rings. The maximum atomic E-state index is 8.93. The van der Waals surface area contributed by atoms with Crippen molar-refractivity contribution in [3.05, 3.63) is 52.3 Å². The zero-order chi connectivity index (χ0) is 13.9. The van der Waals surface area contributed by atoms with Gasteiger partial charge in [0.1, 0.15) is 6.07 Å². The lowest BCUT2D eigenvalue weighted by Crippen LogP contribution is -2.22. The van der Waals surface area contributed by atoms with E-state index in [4.69, 9.17) is 16.9 Å². The van der Waals surface area contributed by atoms with E-state index in [1.165, 1.54) is 5.56 Å². The first kappa shape index (κ1) is 13.2. The number of hydrogen-bond acceptors (Lipinski definition) is 3. The van der Waals surface area contributed by atoms with Gasteiger partial charge in [-0.25, -0.2) is 0 Å². The average molecular weight is 287 g/mol. The topological polar surface area (TPSA) is 44.9 Å². The van der Waals surface area contributed by atoms with Gasteiger partial charge in [-0.2, -0.15) is 10.4 Å². The van der Waals surface area contributed by atoms with Crippen LogP contribution in [-0.2, 0) is 19.6 Å². The number of rotatable bonds is 2. The van der Waals surface area contributed by atoms with Gasteiger partial charge in [0.15, 0.2) is 5.69 Å². The van der Waals surface area contributed by atoms with Crippen molar-refractivity contribution >= 4 is 11.6 Å². The summed E-state index contributed by atoms with van der Waals surface area (Å²) >= 11 is 6.03. The van der Waals surface area contributed by atoms with E-state index in [9.17, 15) is 0 Å². The third-order valence-electron chi connectivity index (χ3n) is 3.50. The van der Waals surface area contributed by atoms with Crippen molar-refractivity contribution in [2.24, 2.45) is 0 Å². The summed E-state index contributed by atoms with van der Waals surface area (Å²) in [6.45, 7) is 3.59. The largest absolute Gasteiger partial charge is 0.293 e. The molecule has 20 heavy (non-hydrogen) atoms. The molecule has 0 spiro atoms. The van der Waals surface area contributed by atoms with Gasteiger partial charge in [0.25, 0.3) is 0 Å². The lowest BCUT2D eigenvalue weighted by Gasteiger charge is -2.19. The van der Waals surface area contributed by atoms with Gasteiger partial charge in [0, 0.05) is 31.2 Å². The van der Waals surface area contributed by atoms with Crippen LogP contribution in [0.1, 0.15) is 23.4 Å². The minimum atomic E-state index is 0.504. The van der Waals surface area contributed by atoms with Crippen molar-refractivity contribution in [3.8, 4) is 6.07 Å². The Kier molecular flexibility index (Phi) is 3.72. The van der Waals surface area contributed by atoms with Crippen LogP contribution < -0.4 is 0 Å². The molecule has 1 aliphatic rings. The summed E-state index contributed by atoms with van der Waals surface area (Å²) in [4.78, 5) is 2.37. The van der Waals surface area contributed by atoms with E-state index in [0.717, 1.165) is 43.3 Å².